The van der Waals surface area contributed by atoms with E-state index in [1.165, 1.54) is 19.3 Å². The first-order chi connectivity index (χ1) is 9.20. The van der Waals surface area contributed by atoms with Crippen molar-refractivity contribution in [2.75, 3.05) is 39.4 Å². The summed E-state index contributed by atoms with van der Waals surface area (Å²) in [6, 6.07) is 0. The smallest absolute Gasteiger partial charge is 0.303 e. The van der Waals surface area contributed by atoms with Gasteiger partial charge in [0, 0.05) is 39.4 Å². The molecule has 0 amide bonds. The van der Waals surface area contributed by atoms with Crippen molar-refractivity contribution in [3.63, 3.8) is 0 Å². The molecule has 0 unspecified atom stereocenters. The van der Waals surface area contributed by atoms with Crippen LogP contribution in [0.3, 0.4) is 0 Å². The van der Waals surface area contributed by atoms with E-state index in [0.717, 1.165) is 52.2 Å². The molecular formula is C14H27N3O2. The first-order valence-corrected chi connectivity index (χ1v) is 7.56. The highest BCUT2D eigenvalue weighted by Crippen LogP contribution is 2.38. The highest BCUT2D eigenvalue weighted by molar-refractivity contribution is 5.67. The predicted molar refractivity (Wildman–Crippen MR) is 75.1 cm³/mol. The standard InChI is InChI=1S/C14H27N3O2/c18-13(19)10-14(4-2-1-3-5-14)11-16-12-17-8-6-15-7-9-17/h15-16H,1-12H2,(H,18,19). The third-order valence-corrected chi connectivity index (χ3v) is 4.49. The number of hydrogen-bond acceptors (Lipinski definition) is 4. The van der Waals surface area contributed by atoms with Crippen LogP contribution in [0.1, 0.15) is 38.5 Å². The summed E-state index contributed by atoms with van der Waals surface area (Å²) in [5.74, 6) is -0.647. The molecule has 1 aliphatic heterocycles. The maximum Gasteiger partial charge on any atom is 0.303 e. The summed E-state index contributed by atoms with van der Waals surface area (Å²) in [4.78, 5) is 13.5. The van der Waals surface area contributed by atoms with Crippen LogP contribution in [-0.2, 0) is 4.79 Å². The first kappa shape index (κ1) is 14.8. The largest absolute Gasteiger partial charge is 0.481 e. The number of aliphatic carboxylic acids is 1. The maximum absolute atomic E-state index is 11.1. The average molecular weight is 269 g/mol. The molecule has 0 aromatic heterocycles. The van der Waals surface area contributed by atoms with Crippen molar-refractivity contribution in [1.29, 1.82) is 0 Å². The van der Waals surface area contributed by atoms with Gasteiger partial charge in [-0.25, -0.2) is 0 Å². The molecule has 0 radical (unpaired) electrons. The summed E-state index contributed by atoms with van der Waals surface area (Å²) < 4.78 is 0. The minimum Gasteiger partial charge on any atom is -0.481 e. The molecule has 19 heavy (non-hydrogen) atoms. The van der Waals surface area contributed by atoms with Gasteiger partial charge in [0.2, 0.25) is 0 Å². The van der Waals surface area contributed by atoms with Crippen LogP contribution in [-0.4, -0.2) is 55.4 Å². The van der Waals surface area contributed by atoms with Crippen LogP contribution in [0, 0.1) is 5.41 Å². The molecule has 0 spiro atoms. The van der Waals surface area contributed by atoms with Crippen molar-refractivity contribution in [3.05, 3.63) is 0 Å². The molecule has 1 heterocycles. The van der Waals surface area contributed by atoms with Gasteiger partial charge in [-0.15, -0.1) is 0 Å². The van der Waals surface area contributed by atoms with Crippen LogP contribution in [0.4, 0.5) is 0 Å². The Morgan fingerprint density at radius 2 is 1.89 bits per heavy atom. The summed E-state index contributed by atoms with van der Waals surface area (Å²) in [6.45, 7) is 6.02. The predicted octanol–water partition coefficient (Wildman–Crippen LogP) is 0.864. The summed E-state index contributed by atoms with van der Waals surface area (Å²) in [6.07, 6.45) is 6.08. The third kappa shape index (κ3) is 4.75. The average Bonchev–Trinajstić information content (AvgIpc) is 2.40. The molecule has 5 heteroatoms. The molecule has 0 aromatic carbocycles. The number of rotatable bonds is 6. The van der Waals surface area contributed by atoms with Crippen LogP contribution in [0.25, 0.3) is 0 Å². The maximum atomic E-state index is 11.1. The quantitative estimate of drug-likeness (QED) is 0.667. The second kappa shape index (κ2) is 7.22. The lowest BCUT2D eigenvalue weighted by Crippen LogP contribution is -2.49. The van der Waals surface area contributed by atoms with E-state index >= 15 is 0 Å². The molecule has 3 N–H and O–H groups in total. The molecule has 0 aromatic rings. The fourth-order valence-corrected chi connectivity index (χ4v) is 3.39. The third-order valence-electron chi connectivity index (χ3n) is 4.49. The molecule has 1 saturated heterocycles. The second-order valence-corrected chi connectivity index (χ2v) is 6.08. The van der Waals surface area contributed by atoms with E-state index in [9.17, 15) is 4.79 Å². The van der Waals surface area contributed by atoms with Crippen LogP contribution in [0.5, 0.6) is 0 Å². The van der Waals surface area contributed by atoms with Crippen LogP contribution >= 0.6 is 0 Å². The zero-order valence-electron chi connectivity index (χ0n) is 11.8. The molecule has 2 aliphatic rings. The van der Waals surface area contributed by atoms with Gasteiger partial charge in [-0.05, 0) is 18.3 Å². The van der Waals surface area contributed by atoms with Gasteiger partial charge in [0.1, 0.15) is 0 Å². The number of carbonyl (C=O) groups is 1. The Labute approximate surface area is 115 Å². The van der Waals surface area contributed by atoms with Crippen LogP contribution in [0.2, 0.25) is 0 Å². The van der Waals surface area contributed by atoms with E-state index in [1.54, 1.807) is 0 Å². The van der Waals surface area contributed by atoms with E-state index in [-0.39, 0.29) is 5.41 Å². The van der Waals surface area contributed by atoms with E-state index in [4.69, 9.17) is 5.11 Å². The van der Waals surface area contributed by atoms with Gasteiger partial charge in [-0.3, -0.25) is 9.69 Å². The molecule has 1 aliphatic carbocycles. The molecule has 1 saturated carbocycles. The van der Waals surface area contributed by atoms with Crippen molar-refractivity contribution >= 4 is 5.97 Å². The van der Waals surface area contributed by atoms with Gasteiger partial charge in [0.05, 0.1) is 6.42 Å². The number of nitrogens with zero attached hydrogens (tertiary/aromatic N) is 1. The van der Waals surface area contributed by atoms with Crippen molar-refractivity contribution in [2.45, 2.75) is 38.5 Å². The van der Waals surface area contributed by atoms with Crippen LogP contribution < -0.4 is 10.6 Å². The summed E-state index contributed by atoms with van der Waals surface area (Å²) in [5.41, 5.74) is -0.00186. The summed E-state index contributed by atoms with van der Waals surface area (Å²) >= 11 is 0. The zero-order chi connectivity index (χ0) is 13.6. The number of carboxylic acids is 1. The molecular weight excluding hydrogens is 242 g/mol. The lowest BCUT2D eigenvalue weighted by molar-refractivity contribution is -0.140. The van der Waals surface area contributed by atoms with Crippen molar-refractivity contribution < 1.29 is 9.90 Å². The second-order valence-electron chi connectivity index (χ2n) is 6.08. The highest BCUT2D eigenvalue weighted by Gasteiger charge is 2.34. The minimum absolute atomic E-state index is 0.00186. The van der Waals surface area contributed by atoms with Crippen LogP contribution in [0.15, 0.2) is 0 Å². The molecule has 0 atom stereocenters. The topological polar surface area (TPSA) is 64.6 Å². The zero-order valence-corrected chi connectivity index (χ0v) is 11.8. The van der Waals surface area contributed by atoms with Gasteiger partial charge in [0.25, 0.3) is 0 Å². The van der Waals surface area contributed by atoms with Crippen molar-refractivity contribution in [1.82, 2.24) is 15.5 Å². The van der Waals surface area contributed by atoms with Gasteiger partial charge >= 0.3 is 5.97 Å². The normalized spacial score (nSPS) is 24.2. The Bertz CT molecular complexity index is 284. The van der Waals surface area contributed by atoms with Gasteiger partial charge < -0.3 is 15.7 Å². The molecule has 2 rings (SSSR count). The molecule has 110 valence electrons. The Balaban J connectivity index is 1.77. The number of piperazine rings is 1. The monoisotopic (exact) mass is 269 g/mol. The van der Waals surface area contributed by atoms with Gasteiger partial charge in [-0.1, -0.05) is 19.3 Å². The van der Waals surface area contributed by atoms with E-state index in [0.29, 0.717) is 6.42 Å². The Kier molecular flexibility index (Phi) is 5.60. The SMILES string of the molecule is O=C(O)CC1(CNCN2CCNCC2)CCCCC1. The fraction of sp³-hybridized carbons (Fsp3) is 0.929. The Hall–Kier alpha value is -0.650. The van der Waals surface area contributed by atoms with E-state index < -0.39 is 5.97 Å². The highest BCUT2D eigenvalue weighted by atomic mass is 16.4. The molecule has 5 nitrogen and oxygen atoms in total. The number of nitrogens with one attached hydrogen (secondary N) is 2. The van der Waals surface area contributed by atoms with Gasteiger partial charge in [0.15, 0.2) is 0 Å². The van der Waals surface area contributed by atoms with Gasteiger partial charge in [-0.2, -0.15) is 0 Å². The molecule has 2 fully saturated rings. The van der Waals surface area contributed by atoms with E-state index in [1.807, 2.05) is 0 Å². The van der Waals surface area contributed by atoms with E-state index in [2.05, 4.69) is 15.5 Å². The Morgan fingerprint density at radius 1 is 1.21 bits per heavy atom. The van der Waals surface area contributed by atoms with Crippen molar-refractivity contribution in [2.24, 2.45) is 5.41 Å². The number of hydrogen-bond donors (Lipinski definition) is 3. The lowest BCUT2D eigenvalue weighted by Gasteiger charge is -2.37. The summed E-state index contributed by atoms with van der Waals surface area (Å²) in [5, 5.41) is 16.0. The summed E-state index contributed by atoms with van der Waals surface area (Å²) in [7, 11) is 0. The fourth-order valence-electron chi connectivity index (χ4n) is 3.39. The lowest BCUT2D eigenvalue weighted by atomic mass is 9.72. The minimum atomic E-state index is -0.647. The first-order valence-electron chi connectivity index (χ1n) is 7.56. The van der Waals surface area contributed by atoms with Crippen molar-refractivity contribution in [3.8, 4) is 0 Å². The number of carboxylic acid groups (broad SMARTS) is 1. The molecule has 0 bridgehead atoms. The Morgan fingerprint density at radius 3 is 2.53 bits per heavy atom.